The lowest BCUT2D eigenvalue weighted by Gasteiger charge is -2.07. The van der Waals surface area contributed by atoms with E-state index in [-0.39, 0.29) is 18.2 Å². The standard InChI is InChI=1S/C16H16F2N4O.ClH/c1-2-15-19-6-7-21(15)9-12-10-22(11-20-12)13-4-3-5-14(8-13)23-16(17)18;/h3-8,10-11,16H,2,9H2,1H3;1H. The summed E-state index contributed by atoms with van der Waals surface area (Å²) in [6, 6.07) is 6.51. The molecule has 0 aliphatic heterocycles. The lowest BCUT2D eigenvalue weighted by molar-refractivity contribution is -0.0498. The van der Waals surface area contributed by atoms with Gasteiger partial charge >= 0.3 is 6.61 Å². The Hall–Kier alpha value is -2.41. The van der Waals surface area contributed by atoms with Crippen molar-refractivity contribution in [2.45, 2.75) is 26.5 Å². The molecule has 3 aromatic rings. The van der Waals surface area contributed by atoms with Crippen LogP contribution in [0.15, 0.2) is 49.2 Å². The molecule has 0 saturated carbocycles. The molecule has 0 unspecified atom stereocenters. The van der Waals surface area contributed by atoms with E-state index in [4.69, 9.17) is 0 Å². The van der Waals surface area contributed by atoms with Gasteiger partial charge in [-0.25, -0.2) is 9.97 Å². The SMILES string of the molecule is CCc1nccn1Cc1cn(-c2cccc(OC(F)F)c2)cn1.Cl. The molecule has 0 fully saturated rings. The van der Waals surface area contributed by atoms with Gasteiger partial charge in [0.05, 0.1) is 24.3 Å². The highest BCUT2D eigenvalue weighted by Crippen LogP contribution is 2.19. The Morgan fingerprint density at radius 3 is 2.83 bits per heavy atom. The first-order valence-corrected chi connectivity index (χ1v) is 7.24. The summed E-state index contributed by atoms with van der Waals surface area (Å²) in [6.45, 7) is -0.174. The zero-order chi connectivity index (χ0) is 16.2. The first-order chi connectivity index (χ1) is 11.2. The van der Waals surface area contributed by atoms with Crippen molar-refractivity contribution in [1.82, 2.24) is 19.1 Å². The van der Waals surface area contributed by atoms with E-state index < -0.39 is 6.61 Å². The number of imidazole rings is 2. The molecule has 0 N–H and O–H groups in total. The van der Waals surface area contributed by atoms with Gasteiger partial charge in [0, 0.05) is 31.1 Å². The Balaban J connectivity index is 0.00000208. The average Bonchev–Trinajstić information content (AvgIpc) is 3.16. The summed E-state index contributed by atoms with van der Waals surface area (Å²) in [4.78, 5) is 8.63. The molecule has 0 aliphatic rings. The van der Waals surface area contributed by atoms with Gasteiger partial charge in [0.2, 0.25) is 0 Å². The van der Waals surface area contributed by atoms with E-state index in [9.17, 15) is 8.78 Å². The predicted molar refractivity (Wildman–Crippen MR) is 88.2 cm³/mol. The highest BCUT2D eigenvalue weighted by molar-refractivity contribution is 5.85. The first-order valence-electron chi connectivity index (χ1n) is 7.24. The van der Waals surface area contributed by atoms with Gasteiger partial charge in [0.25, 0.3) is 0 Å². The Labute approximate surface area is 144 Å². The molecular formula is C16H17ClF2N4O. The van der Waals surface area contributed by atoms with Crippen LogP contribution in [-0.4, -0.2) is 25.7 Å². The number of aromatic nitrogens is 4. The fraction of sp³-hybridized carbons (Fsp3) is 0.250. The van der Waals surface area contributed by atoms with Crippen LogP contribution in [0.25, 0.3) is 5.69 Å². The van der Waals surface area contributed by atoms with E-state index in [1.54, 1.807) is 35.3 Å². The van der Waals surface area contributed by atoms with E-state index in [0.29, 0.717) is 12.2 Å². The van der Waals surface area contributed by atoms with Crippen LogP contribution >= 0.6 is 12.4 Å². The quantitative estimate of drug-likeness (QED) is 0.678. The van der Waals surface area contributed by atoms with Gasteiger partial charge in [-0.1, -0.05) is 13.0 Å². The van der Waals surface area contributed by atoms with Gasteiger partial charge in [-0.05, 0) is 12.1 Å². The predicted octanol–water partition coefficient (Wildman–Crippen LogP) is 3.70. The molecule has 1 aromatic carbocycles. The molecule has 3 rings (SSSR count). The van der Waals surface area contributed by atoms with Crippen molar-refractivity contribution in [2.75, 3.05) is 0 Å². The van der Waals surface area contributed by atoms with Crippen LogP contribution in [0, 0.1) is 0 Å². The fourth-order valence-electron chi connectivity index (χ4n) is 2.38. The molecule has 8 heteroatoms. The monoisotopic (exact) mass is 354 g/mol. The van der Waals surface area contributed by atoms with Crippen LogP contribution in [0.1, 0.15) is 18.4 Å². The van der Waals surface area contributed by atoms with Crippen LogP contribution in [0.2, 0.25) is 0 Å². The maximum absolute atomic E-state index is 12.3. The Morgan fingerprint density at radius 1 is 1.25 bits per heavy atom. The molecule has 0 spiro atoms. The molecular weight excluding hydrogens is 338 g/mol. The van der Waals surface area contributed by atoms with Gasteiger partial charge < -0.3 is 13.9 Å². The third kappa shape index (κ3) is 4.11. The number of ether oxygens (including phenoxy) is 1. The minimum absolute atomic E-state index is 0. The smallest absolute Gasteiger partial charge is 0.387 e. The Morgan fingerprint density at radius 2 is 2.08 bits per heavy atom. The van der Waals surface area contributed by atoms with Crippen molar-refractivity contribution in [1.29, 1.82) is 0 Å². The highest BCUT2D eigenvalue weighted by atomic mass is 35.5. The summed E-state index contributed by atoms with van der Waals surface area (Å²) in [6.07, 6.45) is 8.04. The molecule has 0 bridgehead atoms. The minimum atomic E-state index is -2.84. The lowest BCUT2D eigenvalue weighted by Crippen LogP contribution is -2.03. The molecule has 0 radical (unpaired) electrons. The number of halogens is 3. The molecule has 2 heterocycles. The van der Waals surface area contributed by atoms with E-state index in [2.05, 4.69) is 14.7 Å². The summed E-state index contributed by atoms with van der Waals surface area (Å²) in [5, 5.41) is 0. The first kappa shape index (κ1) is 17.9. The minimum Gasteiger partial charge on any atom is -0.435 e. The van der Waals surface area contributed by atoms with Crippen molar-refractivity contribution in [2.24, 2.45) is 0 Å². The topological polar surface area (TPSA) is 44.9 Å². The van der Waals surface area contributed by atoms with Crippen LogP contribution in [-0.2, 0) is 13.0 Å². The Kier molecular flexibility index (Phi) is 5.92. The average molecular weight is 355 g/mol. The number of benzene rings is 1. The third-order valence-corrected chi connectivity index (χ3v) is 3.43. The number of hydrogen-bond donors (Lipinski definition) is 0. The lowest BCUT2D eigenvalue weighted by atomic mass is 10.3. The normalized spacial score (nSPS) is 10.7. The second-order valence-electron chi connectivity index (χ2n) is 4.97. The van der Waals surface area contributed by atoms with Crippen molar-refractivity contribution >= 4 is 12.4 Å². The third-order valence-electron chi connectivity index (χ3n) is 3.43. The van der Waals surface area contributed by atoms with Crippen molar-refractivity contribution in [3.8, 4) is 11.4 Å². The van der Waals surface area contributed by atoms with Crippen LogP contribution in [0.5, 0.6) is 5.75 Å². The van der Waals surface area contributed by atoms with Gasteiger partial charge in [0.1, 0.15) is 11.6 Å². The molecule has 2 aromatic heterocycles. The summed E-state index contributed by atoms with van der Waals surface area (Å²) < 4.78 is 32.8. The number of hydrogen-bond acceptors (Lipinski definition) is 3. The van der Waals surface area contributed by atoms with Crippen molar-refractivity contribution in [3.05, 3.63) is 60.7 Å². The number of rotatable bonds is 6. The molecule has 128 valence electrons. The zero-order valence-electron chi connectivity index (χ0n) is 13.0. The molecule has 5 nitrogen and oxygen atoms in total. The number of aryl methyl sites for hydroxylation is 1. The van der Waals surface area contributed by atoms with E-state index in [1.807, 2.05) is 23.9 Å². The Bertz CT molecular complexity index is 788. The molecule has 0 saturated heterocycles. The molecule has 0 amide bonds. The maximum Gasteiger partial charge on any atom is 0.387 e. The maximum atomic E-state index is 12.3. The van der Waals surface area contributed by atoms with Crippen LogP contribution in [0.3, 0.4) is 0 Å². The fourth-order valence-corrected chi connectivity index (χ4v) is 2.38. The molecule has 24 heavy (non-hydrogen) atoms. The van der Waals surface area contributed by atoms with Gasteiger partial charge in [0.15, 0.2) is 0 Å². The van der Waals surface area contributed by atoms with Gasteiger partial charge in [-0.3, -0.25) is 0 Å². The summed E-state index contributed by atoms with van der Waals surface area (Å²) >= 11 is 0. The second kappa shape index (κ2) is 7.92. The van der Waals surface area contributed by atoms with Crippen molar-refractivity contribution < 1.29 is 13.5 Å². The van der Waals surface area contributed by atoms with Crippen molar-refractivity contribution in [3.63, 3.8) is 0 Å². The summed E-state index contributed by atoms with van der Waals surface area (Å²) in [7, 11) is 0. The summed E-state index contributed by atoms with van der Waals surface area (Å²) in [5.41, 5.74) is 1.57. The van der Waals surface area contributed by atoms with Gasteiger partial charge in [-0.15, -0.1) is 12.4 Å². The molecule has 0 aliphatic carbocycles. The highest BCUT2D eigenvalue weighted by Gasteiger charge is 2.08. The summed E-state index contributed by atoms with van der Waals surface area (Å²) in [5.74, 6) is 1.11. The molecule has 0 atom stereocenters. The number of nitrogens with zero attached hydrogens (tertiary/aromatic N) is 4. The van der Waals surface area contributed by atoms with Gasteiger partial charge in [-0.2, -0.15) is 8.78 Å². The number of alkyl halides is 2. The van der Waals surface area contributed by atoms with E-state index in [1.165, 1.54) is 6.07 Å². The van der Waals surface area contributed by atoms with E-state index >= 15 is 0 Å². The zero-order valence-corrected chi connectivity index (χ0v) is 13.8. The van der Waals surface area contributed by atoms with Crippen LogP contribution < -0.4 is 4.74 Å². The largest absolute Gasteiger partial charge is 0.435 e. The van der Waals surface area contributed by atoms with Crippen LogP contribution in [0.4, 0.5) is 8.78 Å². The van der Waals surface area contributed by atoms with E-state index in [0.717, 1.165) is 17.9 Å². The second-order valence-corrected chi connectivity index (χ2v) is 4.97.